The third kappa shape index (κ3) is 5.33. The second kappa shape index (κ2) is 9.97. The Bertz CT molecular complexity index is 1080. The van der Waals surface area contributed by atoms with E-state index in [0.29, 0.717) is 36.1 Å². The highest BCUT2D eigenvalue weighted by Gasteiger charge is 2.15. The van der Waals surface area contributed by atoms with Crippen molar-refractivity contribution in [3.8, 4) is 5.69 Å². The number of benzene rings is 1. The van der Waals surface area contributed by atoms with Crippen LogP contribution in [0.3, 0.4) is 0 Å². The smallest absolute Gasteiger partial charge is 0.341 e. The normalized spacial score (nSPS) is 11.5. The SMILES string of the molecule is CCNC(=NCc1ccccc1-n1nc(C)cc1C)NCc1cc(C(=O)OC)c(C)o1. The number of hydrogen-bond acceptors (Lipinski definition) is 5. The number of aromatic nitrogens is 2. The molecule has 0 saturated carbocycles. The summed E-state index contributed by atoms with van der Waals surface area (Å²) in [7, 11) is 1.35. The Morgan fingerprint density at radius 1 is 1.19 bits per heavy atom. The average molecular weight is 424 g/mol. The van der Waals surface area contributed by atoms with E-state index < -0.39 is 5.97 Å². The van der Waals surface area contributed by atoms with Crippen LogP contribution in [0.5, 0.6) is 0 Å². The van der Waals surface area contributed by atoms with Crippen molar-refractivity contribution < 1.29 is 13.9 Å². The first-order valence-corrected chi connectivity index (χ1v) is 10.2. The standard InChI is InChI=1S/C23H29N5O3/c1-6-24-23(26-14-19-12-20(17(4)31-19)22(29)30-5)25-13-18-9-7-8-10-21(18)28-16(3)11-15(2)27-28/h7-12H,6,13-14H2,1-5H3,(H2,24,25,26). The summed E-state index contributed by atoms with van der Waals surface area (Å²) in [5.41, 5.74) is 4.56. The van der Waals surface area contributed by atoms with Crippen molar-refractivity contribution in [1.29, 1.82) is 0 Å². The van der Waals surface area contributed by atoms with Gasteiger partial charge in [-0.15, -0.1) is 0 Å². The molecule has 2 N–H and O–H groups in total. The van der Waals surface area contributed by atoms with E-state index in [0.717, 1.165) is 29.2 Å². The highest BCUT2D eigenvalue weighted by atomic mass is 16.5. The van der Waals surface area contributed by atoms with Crippen molar-refractivity contribution >= 4 is 11.9 Å². The van der Waals surface area contributed by atoms with Gasteiger partial charge in [0, 0.05) is 12.2 Å². The van der Waals surface area contributed by atoms with E-state index in [1.54, 1.807) is 13.0 Å². The number of ether oxygens (including phenoxy) is 1. The molecule has 0 radical (unpaired) electrons. The molecular formula is C23H29N5O3. The van der Waals surface area contributed by atoms with Crippen molar-refractivity contribution in [3.63, 3.8) is 0 Å². The number of aliphatic imine (C=N–C) groups is 1. The maximum absolute atomic E-state index is 11.8. The minimum Gasteiger partial charge on any atom is -0.465 e. The van der Waals surface area contributed by atoms with Gasteiger partial charge in [-0.05, 0) is 51.5 Å². The Morgan fingerprint density at radius 3 is 2.65 bits per heavy atom. The predicted molar refractivity (Wildman–Crippen MR) is 119 cm³/mol. The number of carbonyl (C=O) groups is 1. The van der Waals surface area contributed by atoms with Crippen LogP contribution in [0.4, 0.5) is 0 Å². The zero-order valence-electron chi connectivity index (χ0n) is 18.7. The van der Waals surface area contributed by atoms with Crippen LogP contribution in [0, 0.1) is 20.8 Å². The van der Waals surface area contributed by atoms with Gasteiger partial charge < -0.3 is 19.8 Å². The summed E-state index contributed by atoms with van der Waals surface area (Å²) in [6, 6.07) is 11.8. The van der Waals surface area contributed by atoms with Crippen LogP contribution in [-0.2, 0) is 17.8 Å². The molecule has 2 heterocycles. The Balaban J connectivity index is 1.75. The molecule has 0 spiro atoms. The highest BCUT2D eigenvalue weighted by molar-refractivity contribution is 5.90. The minimum atomic E-state index is -0.408. The predicted octanol–water partition coefficient (Wildman–Crippen LogP) is 3.43. The first-order chi connectivity index (χ1) is 14.9. The summed E-state index contributed by atoms with van der Waals surface area (Å²) in [6.07, 6.45) is 0. The molecule has 0 unspecified atom stereocenters. The number of rotatable bonds is 7. The molecule has 1 aromatic carbocycles. The van der Waals surface area contributed by atoms with E-state index in [-0.39, 0.29) is 0 Å². The molecule has 0 bridgehead atoms. The van der Waals surface area contributed by atoms with Crippen molar-refractivity contribution in [2.45, 2.75) is 40.8 Å². The van der Waals surface area contributed by atoms with Gasteiger partial charge in [-0.25, -0.2) is 14.5 Å². The second-order valence-corrected chi connectivity index (χ2v) is 7.19. The summed E-state index contributed by atoms with van der Waals surface area (Å²) in [6.45, 7) is 9.37. The molecule has 0 atom stereocenters. The number of aryl methyl sites for hydroxylation is 3. The first kappa shape index (κ1) is 22.1. The van der Waals surface area contributed by atoms with Crippen LogP contribution in [0.15, 0.2) is 45.8 Å². The minimum absolute atomic E-state index is 0.392. The molecule has 8 heteroatoms. The number of esters is 1. The third-order valence-electron chi connectivity index (χ3n) is 4.79. The molecule has 0 amide bonds. The molecule has 0 fully saturated rings. The van der Waals surface area contributed by atoms with E-state index in [1.165, 1.54) is 7.11 Å². The maximum atomic E-state index is 11.8. The molecule has 164 valence electrons. The van der Waals surface area contributed by atoms with Gasteiger partial charge in [0.2, 0.25) is 0 Å². The van der Waals surface area contributed by atoms with E-state index in [4.69, 9.17) is 14.1 Å². The molecule has 3 rings (SSSR count). The lowest BCUT2D eigenvalue weighted by Crippen LogP contribution is -2.36. The Hall–Kier alpha value is -3.55. The zero-order chi connectivity index (χ0) is 22.4. The van der Waals surface area contributed by atoms with E-state index >= 15 is 0 Å². The van der Waals surface area contributed by atoms with E-state index in [2.05, 4.69) is 27.9 Å². The highest BCUT2D eigenvalue weighted by Crippen LogP contribution is 2.18. The lowest BCUT2D eigenvalue weighted by atomic mass is 10.2. The van der Waals surface area contributed by atoms with Gasteiger partial charge in [0.05, 0.1) is 31.6 Å². The number of para-hydroxylation sites is 1. The Kier molecular flexibility index (Phi) is 7.12. The van der Waals surface area contributed by atoms with Gasteiger partial charge in [0.25, 0.3) is 0 Å². The van der Waals surface area contributed by atoms with Gasteiger partial charge in [0.1, 0.15) is 17.1 Å². The summed E-state index contributed by atoms with van der Waals surface area (Å²) in [5, 5.41) is 11.1. The van der Waals surface area contributed by atoms with Gasteiger partial charge in [-0.1, -0.05) is 18.2 Å². The van der Waals surface area contributed by atoms with E-state index in [9.17, 15) is 4.79 Å². The van der Waals surface area contributed by atoms with Crippen LogP contribution in [-0.4, -0.2) is 35.4 Å². The molecule has 8 nitrogen and oxygen atoms in total. The van der Waals surface area contributed by atoms with Gasteiger partial charge in [-0.2, -0.15) is 5.10 Å². The molecule has 0 aliphatic rings. The van der Waals surface area contributed by atoms with Crippen LogP contribution in [0.1, 0.15) is 45.8 Å². The number of guanidine groups is 1. The molecule has 2 aromatic heterocycles. The van der Waals surface area contributed by atoms with Crippen LogP contribution in [0.2, 0.25) is 0 Å². The van der Waals surface area contributed by atoms with Crippen molar-refractivity contribution in [3.05, 3.63) is 70.4 Å². The Labute approximate surface area is 182 Å². The average Bonchev–Trinajstić information content (AvgIpc) is 3.30. The van der Waals surface area contributed by atoms with Crippen molar-refractivity contribution in [2.24, 2.45) is 4.99 Å². The quantitative estimate of drug-likeness (QED) is 0.344. The van der Waals surface area contributed by atoms with Crippen LogP contribution >= 0.6 is 0 Å². The monoisotopic (exact) mass is 423 g/mol. The fourth-order valence-corrected chi connectivity index (χ4v) is 3.34. The van der Waals surface area contributed by atoms with Gasteiger partial charge in [-0.3, -0.25) is 0 Å². The van der Waals surface area contributed by atoms with Crippen LogP contribution in [0.25, 0.3) is 5.69 Å². The van der Waals surface area contributed by atoms with Gasteiger partial charge in [0.15, 0.2) is 5.96 Å². The number of nitrogens with zero attached hydrogens (tertiary/aromatic N) is 3. The van der Waals surface area contributed by atoms with Crippen LogP contribution < -0.4 is 10.6 Å². The molecule has 0 aliphatic carbocycles. The maximum Gasteiger partial charge on any atom is 0.341 e. The largest absolute Gasteiger partial charge is 0.465 e. The number of nitrogens with one attached hydrogen (secondary N) is 2. The Morgan fingerprint density at radius 2 is 1.97 bits per heavy atom. The lowest BCUT2D eigenvalue weighted by Gasteiger charge is -2.12. The van der Waals surface area contributed by atoms with Crippen molar-refractivity contribution in [1.82, 2.24) is 20.4 Å². The van der Waals surface area contributed by atoms with Crippen molar-refractivity contribution in [2.75, 3.05) is 13.7 Å². The number of furan rings is 1. The molecule has 0 saturated heterocycles. The molecule has 31 heavy (non-hydrogen) atoms. The number of carbonyl (C=O) groups excluding carboxylic acids is 1. The third-order valence-corrected chi connectivity index (χ3v) is 4.79. The number of methoxy groups -OCH3 is 1. The topological polar surface area (TPSA) is 93.7 Å². The summed E-state index contributed by atoms with van der Waals surface area (Å²) in [5.74, 6) is 1.41. The fourth-order valence-electron chi connectivity index (χ4n) is 3.34. The number of hydrogen-bond donors (Lipinski definition) is 2. The fraction of sp³-hybridized carbons (Fsp3) is 0.348. The molecule has 3 aromatic rings. The first-order valence-electron chi connectivity index (χ1n) is 10.2. The van der Waals surface area contributed by atoms with E-state index in [1.807, 2.05) is 43.7 Å². The lowest BCUT2D eigenvalue weighted by molar-refractivity contribution is 0.0599. The summed E-state index contributed by atoms with van der Waals surface area (Å²) in [4.78, 5) is 16.5. The summed E-state index contributed by atoms with van der Waals surface area (Å²) >= 11 is 0. The summed E-state index contributed by atoms with van der Waals surface area (Å²) < 4.78 is 12.4. The molecule has 0 aliphatic heterocycles. The zero-order valence-corrected chi connectivity index (χ0v) is 18.7. The second-order valence-electron chi connectivity index (χ2n) is 7.19. The molecular weight excluding hydrogens is 394 g/mol. The van der Waals surface area contributed by atoms with Gasteiger partial charge >= 0.3 is 5.97 Å².